The summed E-state index contributed by atoms with van der Waals surface area (Å²) in [7, 11) is 0. The number of ether oxygens (including phenoxy) is 2. The highest BCUT2D eigenvalue weighted by Gasteiger charge is 2.09. The van der Waals surface area contributed by atoms with E-state index in [0.29, 0.717) is 22.4 Å². The minimum atomic E-state index is 0.639. The molecule has 0 spiro atoms. The third-order valence-electron chi connectivity index (χ3n) is 2.99. The fourth-order valence-corrected chi connectivity index (χ4v) is 2.56. The summed E-state index contributed by atoms with van der Waals surface area (Å²) in [6.07, 6.45) is 0. The van der Waals surface area contributed by atoms with Gasteiger partial charge in [0.05, 0.1) is 22.4 Å². The maximum atomic E-state index is 5.56. The molecule has 0 radical (unpaired) electrons. The predicted molar refractivity (Wildman–Crippen MR) is 99.2 cm³/mol. The third-order valence-corrected chi connectivity index (χ3v) is 3.88. The maximum Gasteiger partial charge on any atom is 0.0983 e. The molecule has 0 fully saturated rings. The number of benzene rings is 2. The zero-order chi connectivity index (χ0) is 14.2. The molecule has 2 aromatic rings. The molecule has 0 N–H and O–H groups in total. The van der Waals surface area contributed by atoms with Crippen LogP contribution in [0.4, 0.5) is 0 Å². The topological polar surface area (TPSA) is 18.5 Å². The van der Waals surface area contributed by atoms with E-state index < -0.39 is 0 Å². The largest absolute Gasteiger partial charge is 0.366 e. The normalized spacial score (nSPS) is 10.7. The first-order chi connectivity index (χ1) is 9.86. The highest BCUT2D eigenvalue weighted by Crippen LogP contribution is 2.28. The molecule has 0 atom stereocenters. The first kappa shape index (κ1) is 16.2. The van der Waals surface area contributed by atoms with Crippen LogP contribution < -0.4 is 0 Å². The molecule has 0 aromatic heterocycles. The van der Waals surface area contributed by atoms with Crippen LogP contribution in [-0.4, -0.2) is 9.23 Å². The molecule has 0 saturated carbocycles. The van der Waals surface area contributed by atoms with Crippen molar-refractivity contribution in [3.05, 3.63) is 59.7 Å². The summed E-state index contributed by atoms with van der Waals surface area (Å²) in [4.78, 5) is 0. The van der Waals surface area contributed by atoms with Crippen molar-refractivity contribution in [3.63, 3.8) is 0 Å². The molecule has 0 aliphatic carbocycles. The smallest absolute Gasteiger partial charge is 0.0983 e. The SMILES string of the molecule is ICOCc1ccccc1-c1ccccc1COCI. The van der Waals surface area contributed by atoms with Crippen LogP contribution in [0, 0.1) is 0 Å². The molecule has 106 valence electrons. The van der Waals surface area contributed by atoms with Crippen LogP contribution in [-0.2, 0) is 22.7 Å². The van der Waals surface area contributed by atoms with Crippen LogP contribution in [0.15, 0.2) is 48.5 Å². The number of hydrogen-bond acceptors (Lipinski definition) is 2. The van der Waals surface area contributed by atoms with Crippen molar-refractivity contribution in [2.75, 3.05) is 9.23 Å². The van der Waals surface area contributed by atoms with Crippen LogP contribution in [0.2, 0.25) is 0 Å². The van der Waals surface area contributed by atoms with Gasteiger partial charge in [-0.05, 0) is 22.3 Å². The van der Waals surface area contributed by atoms with Gasteiger partial charge in [-0.1, -0.05) is 93.7 Å². The third kappa shape index (κ3) is 4.41. The Kier molecular flexibility index (Phi) is 7.26. The highest BCUT2D eigenvalue weighted by atomic mass is 127. The lowest BCUT2D eigenvalue weighted by atomic mass is 9.96. The van der Waals surface area contributed by atoms with Gasteiger partial charge in [0.1, 0.15) is 0 Å². The second-order valence-electron chi connectivity index (χ2n) is 4.23. The fraction of sp³-hybridized carbons (Fsp3) is 0.250. The Hall–Kier alpha value is -0.180. The molecule has 0 aliphatic heterocycles. The van der Waals surface area contributed by atoms with Crippen molar-refractivity contribution >= 4 is 45.2 Å². The van der Waals surface area contributed by atoms with Crippen LogP contribution in [0.25, 0.3) is 11.1 Å². The highest BCUT2D eigenvalue weighted by molar-refractivity contribution is 14.1. The Labute approximate surface area is 147 Å². The van der Waals surface area contributed by atoms with E-state index in [4.69, 9.17) is 9.47 Å². The lowest BCUT2D eigenvalue weighted by molar-refractivity contribution is 0.176. The van der Waals surface area contributed by atoms with E-state index in [1.165, 1.54) is 22.3 Å². The van der Waals surface area contributed by atoms with E-state index in [-0.39, 0.29) is 0 Å². The quantitative estimate of drug-likeness (QED) is 0.391. The molecule has 4 heteroatoms. The van der Waals surface area contributed by atoms with Crippen LogP contribution >= 0.6 is 45.2 Å². The van der Waals surface area contributed by atoms with E-state index >= 15 is 0 Å². The van der Waals surface area contributed by atoms with Crippen molar-refractivity contribution < 1.29 is 9.47 Å². The number of hydrogen-bond donors (Lipinski definition) is 0. The van der Waals surface area contributed by atoms with Crippen LogP contribution in [0.3, 0.4) is 0 Å². The van der Waals surface area contributed by atoms with E-state index in [1.807, 2.05) is 0 Å². The van der Waals surface area contributed by atoms with Crippen LogP contribution in [0.5, 0.6) is 0 Å². The van der Waals surface area contributed by atoms with Crippen LogP contribution in [0.1, 0.15) is 11.1 Å². The van der Waals surface area contributed by atoms with E-state index in [9.17, 15) is 0 Å². The standard InChI is InChI=1S/C16H16I2O2/c17-11-19-9-13-5-1-3-7-15(13)16-8-4-2-6-14(16)10-20-12-18/h1-8H,9-12H2. The molecule has 2 aromatic carbocycles. The average Bonchev–Trinajstić information content (AvgIpc) is 2.51. The molecule has 0 aliphatic rings. The summed E-state index contributed by atoms with van der Waals surface area (Å²) in [5.74, 6) is 0. The zero-order valence-electron chi connectivity index (χ0n) is 11.0. The predicted octanol–water partition coefficient (Wildman–Crippen LogP) is 5.17. The Morgan fingerprint density at radius 2 is 1.05 bits per heavy atom. The van der Waals surface area contributed by atoms with Crippen molar-refractivity contribution in [2.45, 2.75) is 13.2 Å². The minimum absolute atomic E-state index is 0.639. The molecule has 0 bridgehead atoms. The Balaban J connectivity index is 2.35. The van der Waals surface area contributed by atoms with Gasteiger partial charge in [-0.3, -0.25) is 0 Å². The van der Waals surface area contributed by atoms with Gasteiger partial charge < -0.3 is 9.47 Å². The molecular formula is C16H16I2O2. The fourth-order valence-electron chi connectivity index (χ4n) is 2.11. The van der Waals surface area contributed by atoms with Crippen molar-refractivity contribution in [1.29, 1.82) is 0 Å². The molecule has 0 amide bonds. The first-order valence-corrected chi connectivity index (χ1v) is 9.35. The summed E-state index contributed by atoms with van der Waals surface area (Å²) in [6.45, 7) is 1.28. The van der Waals surface area contributed by atoms with Crippen molar-refractivity contribution in [3.8, 4) is 11.1 Å². The first-order valence-electron chi connectivity index (χ1n) is 6.30. The lowest BCUT2D eigenvalue weighted by Crippen LogP contribution is -1.98. The summed E-state index contributed by atoms with van der Waals surface area (Å²) >= 11 is 4.45. The van der Waals surface area contributed by atoms with E-state index in [1.54, 1.807) is 0 Å². The molecule has 0 saturated heterocycles. The number of halogens is 2. The van der Waals surface area contributed by atoms with Gasteiger partial charge >= 0.3 is 0 Å². The Morgan fingerprint density at radius 3 is 1.45 bits per heavy atom. The van der Waals surface area contributed by atoms with Gasteiger partial charge in [0, 0.05) is 0 Å². The second kappa shape index (κ2) is 8.96. The molecular weight excluding hydrogens is 478 g/mol. The second-order valence-corrected chi connectivity index (χ2v) is 5.48. The van der Waals surface area contributed by atoms with Gasteiger partial charge in [-0.25, -0.2) is 0 Å². The van der Waals surface area contributed by atoms with Gasteiger partial charge in [-0.15, -0.1) is 0 Å². The Bertz CT molecular complexity index is 494. The van der Waals surface area contributed by atoms with E-state index in [2.05, 4.69) is 93.7 Å². The zero-order valence-corrected chi connectivity index (χ0v) is 15.3. The van der Waals surface area contributed by atoms with Crippen molar-refractivity contribution in [2.24, 2.45) is 0 Å². The number of rotatable bonds is 7. The molecule has 20 heavy (non-hydrogen) atoms. The monoisotopic (exact) mass is 494 g/mol. The van der Waals surface area contributed by atoms with Gasteiger partial charge in [0.2, 0.25) is 0 Å². The maximum absolute atomic E-state index is 5.56. The molecule has 2 rings (SSSR count). The van der Waals surface area contributed by atoms with Gasteiger partial charge in [0.25, 0.3) is 0 Å². The summed E-state index contributed by atoms with van der Waals surface area (Å²) in [5.41, 5.74) is 4.88. The average molecular weight is 494 g/mol. The minimum Gasteiger partial charge on any atom is -0.366 e. The summed E-state index contributed by atoms with van der Waals surface area (Å²) < 4.78 is 12.5. The lowest BCUT2D eigenvalue weighted by Gasteiger charge is -2.13. The van der Waals surface area contributed by atoms with Crippen molar-refractivity contribution in [1.82, 2.24) is 0 Å². The van der Waals surface area contributed by atoms with E-state index in [0.717, 1.165) is 0 Å². The molecule has 0 heterocycles. The molecule has 0 unspecified atom stereocenters. The summed E-state index contributed by atoms with van der Waals surface area (Å²) in [5, 5.41) is 0. The number of alkyl halides is 2. The Morgan fingerprint density at radius 1 is 0.650 bits per heavy atom. The van der Waals surface area contributed by atoms with Gasteiger partial charge in [-0.2, -0.15) is 0 Å². The van der Waals surface area contributed by atoms with Gasteiger partial charge in [0.15, 0.2) is 0 Å². The summed E-state index contributed by atoms with van der Waals surface area (Å²) in [6, 6.07) is 16.8. The molecule has 2 nitrogen and oxygen atoms in total.